The third kappa shape index (κ3) is 2.91. The van der Waals surface area contributed by atoms with Crippen LogP contribution in [-0.4, -0.2) is 16.9 Å². The molecule has 0 bridgehead atoms. The molecule has 0 saturated carbocycles. The minimum atomic E-state index is -0.921. The summed E-state index contributed by atoms with van der Waals surface area (Å²) in [6.45, 7) is 3.55. The third-order valence-electron chi connectivity index (χ3n) is 2.45. The fourth-order valence-electron chi connectivity index (χ4n) is 1.63. The van der Waals surface area contributed by atoms with Gasteiger partial charge < -0.3 is 5.11 Å². The highest BCUT2D eigenvalue weighted by Gasteiger charge is 2.30. The second-order valence-electron chi connectivity index (χ2n) is 3.48. The molecule has 0 spiro atoms. The minimum Gasteiger partial charge on any atom is -0.481 e. The maximum absolute atomic E-state index is 11.5. The van der Waals surface area contributed by atoms with E-state index in [4.69, 9.17) is 5.11 Å². The highest BCUT2D eigenvalue weighted by atomic mass is 16.4. The molecule has 0 aliphatic heterocycles. The Bertz CT molecular complexity index is 326. The van der Waals surface area contributed by atoms with Crippen molar-refractivity contribution in [3.63, 3.8) is 0 Å². The van der Waals surface area contributed by atoms with Crippen LogP contribution >= 0.6 is 0 Å². The van der Waals surface area contributed by atoms with Crippen LogP contribution in [0.15, 0.2) is 37.0 Å². The lowest BCUT2D eigenvalue weighted by molar-refractivity contribution is -0.145. The van der Waals surface area contributed by atoms with Gasteiger partial charge in [-0.2, -0.15) is 0 Å². The molecule has 0 fully saturated rings. The topological polar surface area (TPSA) is 54.4 Å². The minimum absolute atomic E-state index is 0.131. The van der Waals surface area contributed by atoms with E-state index in [1.807, 2.05) is 0 Å². The molecule has 3 heteroatoms. The third-order valence-corrected chi connectivity index (χ3v) is 2.45. The van der Waals surface area contributed by atoms with E-state index in [0.717, 1.165) is 0 Å². The Morgan fingerprint density at radius 1 is 1.60 bits per heavy atom. The number of carboxylic acid groups (broad SMARTS) is 1. The summed E-state index contributed by atoms with van der Waals surface area (Å²) in [4.78, 5) is 22.5. The molecule has 2 unspecified atom stereocenters. The van der Waals surface area contributed by atoms with E-state index in [0.29, 0.717) is 12.8 Å². The van der Waals surface area contributed by atoms with E-state index in [1.165, 1.54) is 6.08 Å². The molecule has 0 aromatic carbocycles. The van der Waals surface area contributed by atoms with E-state index in [1.54, 1.807) is 24.3 Å². The zero-order chi connectivity index (χ0) is 11.3. The Hall–Kier alpha value is -1.64. The van der Waals surface area contributed by atoms with Gasteiger partial charge in [0.15, 0.2) is 5.78 Å². The van der Waals surface area contributed by atoms with Gasteiger partial charge in [-0.05, 0) is 18.9 Å². The van der Waals surface area contributed by atoms with Crippen LogP contribution in [0.5, 0.6) is 0 Å². The van der Waals surface area contributed by atoms with Crippen LogP contribution in [0.25, 0.3) is 0 Å². The lowest BCUT2D eigenvalue weighted by atomic mass is 9.83. The predicted molar refractivity (Wildman–Crippen MR) is 57.3 cm³/mol. The number of hydrogen-bond acceptors (Lipinski definition) is 2. The fourth-order valence-corrected chi connectivity index (χ4v) is 1.63. The van der Waals surface area contributed by atoms with Gasteiger partial charge in [0.05, 0.1) is 11.8 Å². The summed E-state index contributed by atoms with van der Waals surface area (Å²) in [5.41, 5.74) is 0. The van der Waals surface area contributed by atoms with Crippen LogP contribution in [0.1, 0.15) is 12.8 Å². The number of allylic oxidation sites excluding steroid dienone is 5. The molecule has 0 radical (unpaired) electrons. The molecule has 0 amide bonds. The number of rotatable bonds is 5. The van der Waals surface area contributed by atoms with Gasteiger partial charge in [-0.1, -0.05) is 24.3 Å². The quantitative estimate of drug-likeness (QED) is 0.699. The first-order chi connectivity index (χ1) is 7.16. The molecular weight excluding hydrogens is 192 g/mol. The zero-order valence-electron chi connectivity index (χ0n) is 8.43. The Labute approximate surface area is 88.8 Å². The summed E-state index contributed by atoms with van der Waals surface area (Å²) in [5, 5.41) is 9.03. The molecular formula is C12H14O3. The molecule has 0 heterocycles. The van der Waals surface area contributed by atoms with Gasteiger partial charge in [-0.15, -0.1) is 6.58 Å². The average molecular weight is 206 g/mol. The molecule has 0 saturated heterocycles. The number of hydrogen-bond donors (Lipinski definition) is 1. The van der Waals surface area contributed by atoms with Crippen molar-refractivity contribution in [2.24, 2.45) is 11.8 Å². The Balaban J connectivity index is 2.75. The summed E-state index contributed by atoms with van der Waals surface area (Å²) in [6.07, 6.45) is 9.16. The fraction of sp³-hybridized carbons (Fsp3) is 0.333. The number of carbonyl (C=O) groups excluding carboxylic acids is 1. The molecule has 1 aliphatic rings. The van der Waals surface area contributed by atoms with Crippen LogP contribution in [-0.2, 0) is 9.59 Å². The van der Waals surface area contributed by atoms with E-state index < -0.39 is 17.8 Å². The van der Waals surface area contributed by atoms with Gasteiger partial charge >= 0.3 is 5.97 Å². The van der Waals surface area contributed by atoms with Crippen LogP contribution in [0.4, 0.5) is 0 Å². The first-order valence-corrected chi connectivity index (χ1v) is 4.89. The standard InChI is InChI=1S/C12H14O3/c1-2-3-6-10(12(14)15)9-7-4-5-8-11(9)13/h2,4-5,7-10H,1,3,6H2,(H,14,15). The highest BCUT2D eigenvalue weighted by Crippen LogP contribution is 2.23. The van der Waals surface area contributed by atoms with Crippen LogP contribution in [0, 0.1) is 11.8 Å². The molecule has 0 aromatic heterocycles. The maximum Gasteiger partial charge on any atom is 0.307 e. The Morgan fingerprint density at radius 2 is 2.33 bits per heavy atom. The van der Waals surface area contributed by atoms with E-state index >= 15 is 0 Å². The van der Waals surface area contributed by atoms with Crippen molar-refractivity contribution in [2.45, 2.75) is 12.8 Å². The van der Waals surface area contributed by atoms with Gasteiger partial charge in [0.25, 0.3) is 0 Å². The lowest BCUT2D eigenvalue weighted by Gasteiger charge is -2.19. The van der Waals surface area contributed by atoms with Gasteiger partial charge in [0, 0.05) is 0 Å². The molecule has 3 nitrogen and oxygen atoms in total. The first-order valence-electron chi connectivity index (χ1n) is 4.89. The number of ketones is 1. The highest BCUT2D eigenvalue weighted by molar-refractivity contribution is 5.97. The van der Waals surface area contributed by atoms with E-state index in [2.05, 4.69) is 6.58 Å². The van der Waals surface area contributed by atoms with Crippen molar-refractivity contribution in [3.05, 3.63) is 37.0 Å². The number of aliphatic carboxylic acids is 1. The van der Waals surface area contributed by atoms with Gasteiger partial charge in [0.1, 0.15) is 0 Å². The van der Waals surface area contributed by atoms with Gasteiger partial charge in [0.2, 0.25) is 0 Å². The Morgan fingerprint density at radius 3 is 2.87 bits per heavy atom. The van der Waals surface area contributed by atoms with E-state index in [-0.39, 0.29) is 5.78 Å². The molecule has 15 heavy (non-hydrogen) atoms. The SMILES string of the molecule is C=CCCC(C(=O)O)C1C=CC=CC1=O. The Kier molecular flexibility index (Phi) is 4.03. The van der Waals surface area contributed by atoms with Crippen molar-refractivity contribution < 1.29 is 14.7 Å². The second kappa shape index (κ2) is 5.29. The van der Waals surface area contributed by atoms with Crippen molar-refractivity contribution in [1.82, 2.24) is 0 Å². The van der Waals surface area contributed by atoms with Crippen molar-refractivity contribution >= 4 is 11.8 Å². The second-order valence-corrected chi connectivity index (χ2v) is 3.48. The van der Waals surface area contributed by atoms with Crippen molar-refractivity contribution in [2.75, 3.05) is 0 Å². The number of carbonyl (C=O) groups is 2. The summed E-state index contributed by atoms with van der Waals surface area (Å²) >= 11 is 0. The lowest BCUT2D eigenvalue weighted by Crippen LogP contribution is -2.28. The normalized spacial score (nSPS) is 21.3. The molecule has 1 rings (SSSR count). The maximum atomic E-state index is 11.5. The monoisotopic (exact) mass is 206 g/mol. The van der Waals surface area contributed by atoms with Gasteiger partial charge in [-0.3, -0.25) is 9.59 Å². The van der Waals surface area contributed by atoms with Crippen LogP contribution in [0.2, 0.25) is 0 Å². The average Bonchev–Trinajstić information content (AvgIpc) is 2.20. The van der Waals surface area contributed by atoms with Crippen LogP contribution in [0.3, 0.4) is 0 Å². The molecule has 1 N–H and O–H groups in total. The first kappa shape index (κ1) is 11.4. The smallest absolute Gasteiger partial charge is 0.307 e. The molecule has 0 aromatic rings. The van der Waals surface area contributed by atoms with Gasteiger partial charge in [-0.25, -0.2) is 0 Å². The molecule has 80 valence electrons. The van der Waals surface area contributed by atoms with E-state index in [9.17, 15) is 9.59 Å². The molecule has 2 atom stereocenters. The number of carboxylic acids is 1. The predicted octanol–water partition coefficient (Wildman–Crippen LogP) is 1.96. The zero-order valence-corrected chi connectivity index (χ0v) is 8.43. The van der Waals surface area contributed by atoms with Crippen molar-refractivity contribution in [3.8, 4) is 0 Å². The summed E-state index contributed by atoms with van der Waals surface area (Å²) in [5.74, 6) is -2.21. The summed E-state index contributed by atoms with van der Waals surface area (Å²) in [6, 6.07) is 0. The summed E-state index contributed by atoms with van der Waals surface area (Å²) < 4.78 is 0. The van der Waals surface area contributed by atoms with Crippen molar-refractivity contribution in [1.29, 1.82) is 0 Å². The van der Waals surface area contributed by atoms with Crippen LogP contribution < -0.4 is 0 Å². The summed E-state index contributed by atoms with van der Waals surface area (Å²) in [7, 11) is 0. The molecule has 1 aliphatic carbocycles. The largest absolute Gasteiger partial charge is 0.481 e.